The highest BCUT2D eigenvalue weighted by molar-refractivity contribution is 6.31. The summed E-state index contributed by atoms with van der Waals surface area (Å²) < 4.78 is 16.7. The number of hydrogen-bond acceptors (Lipinski definition) is 4. The average molecular weight is 460 g/mol. The fourth-order valence-corrected chi connectivity index (χ4v) is 5.03. The molecule has 2 aromatic carbocycles. The molecule has 32 heavy (non-hydrogen) atoms. The lowest BCUT2D eigenvalue weighted by Crippen LogP contribution is -2.38. The molecule has 0 aliphatic carbocycles. The lowest BCUT2D eigenvalue weighted by Gasteiger charge is -2.39. The molecule has 5 heteroatoms. The number of nitrogens with one attached hydrogen (secondary N) is 1. The molecule has 2 unspecified atom stereocenters. The van der Waals surface area contributed by atoms with Crippen LogP contribution in [0.4, 0.5) is 0 Å². The molecule has 0 radical (unpaired) electrons. The van der Waals surface area contributed by atoms with E-state index in [2.05, 4.69) is 43.4 Å². The zero-order valence-corrected chi connectivity index (χ0v) is 20.7. The van der Waals surface area contributed by atoms with Crippen LogP contribution >= 0.6 is 11.6 Å². The minimum Gasteiger partial charge on any atom is -0.493 e. The maximum atomic E-state index is 6.50. The number of hydrogen-bond donors (Lipinski definition) is 1. The van der Waals surface area contributed by atoms with Gasteiger partial charge in [-0.05, 0) is 100 Å². The van der Waals surface area contributed by atoms with Crippen LogP contribution in [0.1, 0.15) is 44.2 Å². The Balaban J connectivity index is 1.55. The fourth-order valence-electron chi connectivity index (χ4n) is 4.81. The fraction of sp³-hybridized carbons (Fsp3) is 0.556. The summed E-state index contributed by atoms with van der Waals surface area (Å²) in [7, 11) is 3.34. The highest BCUT2D eigenvalue weighted by Gasteiger charge is 2.33. The van der Waals surface area contributed by atoms with Gasteiger partial charge in [-0.25, -0.2) is 0 Å². The van der Waals surface area contributed by atoms with Crippen molar-refractivity contribution in [2.24, 2.45) is 11.8 Å². The van der Waals surface area contributed by atoms with Crippen molar-refractivity contribution in [3.05, 3.63) is 58.6 Å². The Morgan fingerprint density at radius 3 is 2.59 bits per heavy atom. The van der Waals surface area contributed by atoms with Gasteiger partial charge in [-0.15, -0.1) is 0 Å². The Kier molecular flexibility index (Phi) is 9.27. The maximum Gasteiger partial charge on any atom is 0.160 e. The van der Waals surface area contributed by atoms with Crippen LogP contribution in [0.15, 0.2) is 42.5 Å². The average Bonchev–Trinajstić information content (AvgIpc) is 2.78. The van der Waals surface area contributed by atoms with Gasteiger partial charge in [-0.3, -0.25) is 0 Å². The van der Waals surface area contributed by atoms with Crippen molar-refractivity contribution in [2.45, 2.75) is 51.6 Å². The molecule has 0 saturated carbocycles. The van der Waals surface area contributed by atoms with E-state index in [1.807, 2.05) is 18.2 Å². The van der Waals surface area contributed by atoms with E-state index in [1.165, 1.54) is 11.1 Å². The number of benzene rings is 2. The molecule has 2 aromatic rings. The first kappa shape index (κ1) is 24.9. The van der Waals surface area contributed by atoms with E-state index in [0.29, 0.717) is 11.8 Å². The van der Waals surface area contributed by atoms with Crippen LogP contribution in [0.3, 0.4) is 0 Å². The monoisotopic (exact) mass is 459 g/mol. The SMILES string of the molecule is COc1ccc(CCNCCC(Cc2ccccc2Cl)C2CCOC(C)(C)C2)cc1OC. The molecule has 176 valence electrons. The molecule has 0 aromatic heterocycles. The molecule has 3 rings (SSSR count). The molecule has 1 fully saturated rings. The van der Waals surface area contributed by atoms with E-state index in [1.54, 1.807) is 14.2 Å². The van der Waals surface area contributed by atoms with Gasteiger partial charge in [0.05, 0.1) is 19.8 Å². The Labute approximate surface area is 198 Å². The van der Waals surface area contributed by atoms with E-state index in [9.17, 15) is 0 Å². The van der Waals surface area contributed by atoms with E-state index < -0.39 is 0 Å². The van der Waals surface area contributed by atoms with Crippen molar-refractivity contribution < 1.29 is 14.2 Å². The van der Waals surface area contributed by atoms with Crippen molar-refractivity contribution >= 4 is 11.6 Å². The molecule has 1 saturated heterocycles. The Hall–Kier alpha value is -1.75. The third-order valence-corrected chi connectivity index (χ3v) is 6.94. The van der Waals surface area contributed by atoms with Gasteiger partial charge in [0, 0.05) is 11.6 Å². The second kappa shape index (κ2) is 11.9. The molecule has 1 aliphatic heterocycles. The summed E-state index contributed by atoms with van der Waals surface area (Å²) in [6.07, 6.45) is 5.35. The van der Waals surface area contributed by atoms with Crippen LogP contribution in [-0.4, -0.2) is 39.5 Å². The van der Waals surface area contributed by atoms with Crippen LogP contribution in [0.25, 0.3) is 0 Å². The topological polar surface area (TPSA) is 39.7 Å². The Morgan fingerprint density at radius 2 is 1.88 bits per heavy atom. The highest BCUT2D eigenvalue weighted by Crippen LogP contribution is 2.37. The van der Waals surface area contributed by atoms with E-state index in [-0.39, 0.29) is 5.60 Å². The molecule has 0 bridgehead atoms. The van der Waals surface area contributed by atoms with Crippen molar-refractivity contribution in [2.75, 3.05) is 33.9 Å². The summed E-state index contributed by atoms with van der Waals surface area (Å²) in [6.45, 7) is 7.22. The minimum atomic E-state index is -0.0392. The summed E-state index contributed by atoms with van der Waals surface area (Å²) >= 11 is 6.50. The number of rotatable bonds is 11. The van der Waals surface area contributed by atoms with E-state index in [4.69, 9.17) is 25.8 Å². The van der Waals surface area contributed by atoms with Crippen LogP contribution in [-0.2, 0) is 17.6 Å². The number of halogens is 1. The van der Waals surface area contributed by atoms with Gasteiger partial charge in [0.2, 0.25) is 0 Å². The second-order valence-corrected chi connectivity index (χ2v) is 9.80. The first-order valence-electron chi connectivity index (χ1n) is 11.7. The van der Waals surface area contributed by atoms with Crippen LogP contribution in [0.5, 0.6) is 11.5 Å². The Morgan fingerprint density at radius 1 is 1.09 bits per heavy atom. The van der Waals surface area contributed by atoms with E-state index in [0.717, 1.165) is 68.3 Å². The predicted molar refractivity (Wildman–Crippen MR) is 132 cm³/mol. The molecule has 4 nitrogen and oxygen atoms in total. The molecule has 1 aliphatic rings. The van der Waals surface area contributed by atoms with Crippen LogP contribution in [0, 0.1) is 11.8 Å². The molecule has 1 heterocycles. The smallest absolute Gasteiger partial charge is 0.160 e. The van der Waals surface area contributed by atoms with Crippen molar-refractivity contribution in [3.8, 4) is 11.5 Å². The minimum absolute atomic E-state index is 0.0392. The predicted octanol–water partition coefficient (Wildman–Crippen LogP) is 5.94. The van der Waals surface area contributed by atoms with Gasteiger partial charge >= 0.3 is 0 Å². The van der Waals surface area contributed by atoms with Crippen molar-refractivity contribution in [1.29, 1.82) is 0 Å². The first-order chi connectivity index (χ1) is 15.4. The maximum absolute atomic E-state index is 6.50. The lowest BCUT2D eigenvalue weighted by molar-refractivity contribution is -0.0830. The van der Waals surface area contributed by atoms with Gasteiger partial charge in [0.15, 0.2) is 11.5 Å². The lowest BCUT2D eigenvalue weighted by atomic mass is 9.75. The number of methoxy groups -OCH3 is 2. The van der Waals surface area contributed by atoms with Gasteiger partial charge in [-0.1, -0.05) is 35.9 Å². The zero-order valence-electron chi connectivity index (χ0n) is 20.0. The van der Waals surface area contributed by atoms with Crippen molar-refractivity contribution in [3.63, 3.8) is 0 Å². The first-order valence-corrected chi connectivity index (χ1v) is 12.1. The molecule has 1 N–H and O–H groups in total. The third kappa shape index (κ3) is 7.13. The van der Waals surface area contributed by atoms with Crippen molar-refractivity contribution in [1.82, 2.24) is 5.32 Å². The normalized spacial score (nSPS) is 18.8. The largest absolute Gasteiger partial charge is 0.493 e. The van der Waals surface area contributed by atoms with Crippen LogP contribution in [0.2, 0.25) is 5.02 Å². The summed E-state index contributed by atoms with van der Waals surface area (Å²) in [5, 5.41) is 4.53. The molecule has 0 spiro atoms. The van der Waals surface area contributed by atoms with Gasteiger partial charge in [-0.2, -0.15) is 0 Å². The molecular formula is C27H38ClNO3. The highest BCUT2D eigenvalue weighted by atomic mass is 35.5. The second-order valence-electron chi connectivity index (χ2n) is 9.39. The van der Waals surface area contributed by atoms with Gasteiger partial charge in [0.25, 0.3) is 0 Å². The van der Waals surface area contributed by atoms with Gasteiger partial charge in [0.1, 0.15) is 0 Å². The standard InChI is InChI=1S/C27H38ClNO3/c1-27(2)19-23(13-16-32-27)21(18-22-7-5-6-8-24(22)28)12-15-29-14-11-20-9-10-25(30-3)26(17-20)31-4/h5-10,17,21,23,29H,11-16,18-19H2,1-4H3. The van der Waals surface area contributed by atoms with Gasteiger partial charge < -0.3 is 19.5 Å². The summed E-state index contributed by atoms with van der Waals surface area (Å²) in [6, 6.07) is 14.4. The summed E-state index contributed by atoms with van der Waals surface area (Å²) in [5.41, 5.74) is 2.46. The van der Waals surface area contributed by atoms with E-state index >= 15 is 0 Å². The molecule has 2 atom stereocenters. The Bertz CT molecular complexity index is 855. The summed E-state index contributed by atoms with van der Waals surface area (Å²) in [4.78, 5) is 0. The quantitative estimate of drug-likeness (QED) is 0.422. The summed E-state index contributed by atoms with van der Waals surface area (Å²) in [5.74, 6) is 2.80. The zero-order chi connectivity index (χ0) is 23.0. The number of ether oxygens (including phenoxy) is 3. The third-order valence-electron chi connectivity index (χ3n) is 6.57. The molecule has 0 amide bonds. The molecular weight excluding hydrogens is 422 g/mol. The van der Waals surface area contributed by atoms with Crippen LogP contribution < -0.4 is 14.8 Å².